The summed E-state index contributed by atoms with van der Waals surface area (Å²) in [5, 5.41) is 2.62. The molecule has 2 aromatic rings. The number of nitrogens with one attached hydrogen (secondary N) is 1. The zero-order valence-corrected chi connectivity index (χ0v) is 17.1. The smallest absolute Gasteiger partial charge is 0.229 e. The molecule has 8 heteroatoms. The lowest BCUT2D eigenvalue weighted by Crippen LogP contribution is -2.41. The Morgan fingerprint density at radius 2 is 1.79 bits per heavy atom. The lowest BCUT2D eigenvalue weighted by Gasteiger charge is -2.31. The van der Waals surface area contributed by atoms with Gasteiger partial charge in [0.1, 0.15) is 0 Å². The quantitative estimate of drug-likeness (QED) is 0.808. The number of aromatic nitrogens is 2. The van der Waals surface area contributed by atoms with Crippen molar-refractivity contribution in [2.75, 3.05) is 23.3 Å². The molecule has 2 aliphatic rings. The zero-order chi connectivity index (χ0) is 20.3. The highest BCUT2D eigenvalue weighted by molar-refractivity contribution is 7.92. The molecule has 1 aliphatic carbocycles. The predicted molar refractivity (Wildman–Crippen MR) is 111 cm³/mol. The second-order valence-corrected chi connectivity index (χ2v) is 10.0. The second kappa shape index (κ2) is 8.49. The van der Waals surface area contributed by atoms with Gasteiger partial charge in [-0.25, -0.2) is 18.4 Å². The highest BCUT2D eigenvalue weighted by Crippen LogP contribution is 2.30. The van der Waals surface area contributed by atoms with Crippen LogP contribution in [-0.2, 0) is 14.6 Å². The molecule has 0 radical (unpaired) electrons. The normalized spacial score (nSPS) is 20.6. The molecule has 1 amide bonds. The van der Waals surface area contributed by atoms with Crippen molar-refractivity contribution in [1.82, 2.24) is 9.97 Å². The molecule has 0 spiro atoms. The molecule has 1 unspecified atom stereocenters. The Kier molecular flexibility index (Phi) is 5.80. The minimum absolute atomic E-state index is 0.0963. The van der Waals surface area contributed by atoms with E-state index in [1.807, 2.05) is 4.90 Å². The van der Waals surface area contributed by atoms with E-state index >= 15 is 0 Å². The van der Waals surface area contributed by atoms with Gasteiger partial charge in [-0.1, -0.05) is 18.9 Å². The Morgan fingerprint density at radius 1 is 1.03 bits per heavy atom. The van der Waals surface area contributed by atoms with Crippen molar-refractivity contribution in [3.8, 4) is 0 Å². The van der Waals surface area contributed by atoms with Gasteiger partial charge in [0.15, 0.2) is 9.84 Å². The third-order valence-corrected chi connectivity index (χ3v) is 8.06. The molecule has 1 N–H and O–H groups in total. The summed E-state index contributed by atoms with van der Waals surface area (Å²) in [6.45, 7) is 1.37. The zero-order valence-electron chi connectivity index (χ0n) is 16.3. The number of sulfone groups is 1. The number of hydrogen-bond donors (Lipinski definition) is 1. The van der Waals surface area contributed by atoms with Crippen molar-refractivity contribution in [1.29, 1.82) is 0 Å². The van der Waals surface area contributed by atoms with Crippen LogP contribution in [0.1, 0.15) is 38.5 Å². The van der Waals surface area contributed by atoms with Crippen molar-refractivity contribution in [2.45, 2.75) is 48.7 Å². The maximum atomic E-state index is 12.8. The van der Waals surface area contributed by atoms with Crippen LogP contribution in [0.15, 0.2) is 47.6 Å². The van der Waals surface area contributed by atoms with Crippen LogP contribution in [0.25, 0.3) is 0 Å². The van der Waals surface area contributed by atoms with E-state index in [1.165, 1.54) is 0 Å². The van der Waals surface area contributed by atoms with Gasteiger partial charge in [-0.2, -0.15) is 0 Å². The fraction of sp³-hybridized carbons (Fsp3) is 0.476. The molecule has 154 valence electrons. The monoisotopic (exact) mass is 414 g/mol. The molecular weight excluding hydrogens is 388 g/mol. The average Bonchev–Trinajstić information content (AvgIpc) is 3.31. The van der Waals surface area contributed by atoms with Gasteiger partial charge >= 0.3 is 0 Å². The molecule has 1 saturated heterocycles. The van der Waals surface area contributed by atoms with Crippen molar-refractivity contribution in [3.05, 3.63) is 42.7 Å². The lowest BCUT2D eigenvalue weighted by atomic mass is 9.97. The molecule has 1 saturated carbocycles. The molecule has 1 atom stereocenters. The molecule has 1 aromatic heterocycles. The summed E-state index contributed by atoms with van der Waals surface area (Å²) in [5.41, 5.74) is 0.530. The first-order valence-corrected chi connectivity index (χ1v) is 11.8. The van der Waals surface area contributed by atoms with E-state index in [9.17, 15) is 13.2 Å². The predicted octanol–water partition coefficient (Wildman–Crippen LogP) is 3.05. The largest absolute Gasteiger partial charge is 0.340 e. The summed E-state index contributed by atoms with van der Waals surface area (Å²) < 4.78 is 25.7. The van der Waals surface area contributed by atoms with Crippen molar-refractivity contribution < 1.29 is 13.2 Å². The van der Waals surface area contributed by atoms with Gasteiger partial charge in [0.2, 0.25) is 11.9 Å². The number of benzene rings is 1. The number of carbonyl (C=O) groups excluding carboxylic acids is 1. The molecule has 0 bridgehead atoms. The molecule has 2 heterocycles. The van der Waals surface area contributed by atoms with Crippen LogP contribution >= 0.6 is 0 Å². The summed E-state index contributed by atoms with van der Waals surface area (Å²) in [6, 6.07) is 8.42. The first-order chi connectivity index (χ1) is 14.0. The van der Waals surface area contributed by atoms with E-state index in [0.717, 1.165) is 45.1 Å². The van der Waals surface area contributed by atoms with Crippen molar-refractivity contribution in [3.63, 3.8) is 0 Å². The van der Waals surface area contributed by atoms with Crippen LogP contribution in [0.3, 0.4) is 0 Å². The second-order valence-electron chi connectivity index (χ2n) is 7.80. The number of carbonyl (C=O) groups is 1. The van der Waals surface area contributed by atoms with Crippen LogP contribution in [-0.4, -0.2) is 42.6 Å². The van der Waals surface area contributed by atoms with E-state index in [1.54, 1.807) is 42.7 Å². The topological polar surface area (TPSA) is 92.3 Å². The van der Waals surface area contributed by atoms with Gasteiger partial charge in [-0.05, 0) is 49.9 Å². The summed E-state index contributed by atoms with van der Waals surface area (Å²) >= 11 is 0. The minimum Gasteiger partial charge on any atom is -0.340 e. The number of rotatable bonds is 5. The van der Waals surface area contributed by atoms with Crippen LogP contribution in [0.4, 0.5) is 11.6 Å². The van der Waals surface area contributed by atoms with Gasteiger partial charge in [0.25, 0.3) is 0 Å². The summed E-state index contributed by atoms with van der Waals surface area (Å²) in [4.78, 5) is 23.7. The Balaban J connectivity index is 1.44. The summed E-state index contributed by atoms with van der Waals surface area (Å²) in [6.07, 6.45) is 8.43. The fourth-order valence-corrected chi connectivity index (χ4v) is 6.11. The number of hydrogen-bond acceptors (Lipinski definition) is 6. The highest BCUT2D eigenvalue weighted by atomic mass is 32.2. The van der Waals surface area contributed by atoms with Crippen molar-refractivity contribution in [2.24, 2.45) is 5.92 Å². The lowest BCUT2D eigenvalue weighted by molar-refractivity contribution is -0.120. The standard InChI is InChI=1S/C21H26N4O3S/c26-20(16-6-4-13-25(15-16)21-22-11-5-12-23-21)24-17-7-3-10-19(14-17)29(27,28)18-8-1-2-9-18/h3,5,7,10-12,14,16,18H,1-2,4,6,8-9,13,15H2,(H,24,26). The van der Waals surface area contributed by atoms with Crippen LogP contribution < -0.4 is 10.2 Å². The van der Waals surface area contributed by atoms with Gasteiger partial charge in [-0.3, -0.25) is 4.79 Å². The third-order valence-electron chi connectivity index (χ3n) is 5.80. The Labute approximate surface area is 171 Å². The highest BCUT2D eigenvalue weighted by Gasteiger charge is 2.31. The molecule has 1 aliphatic heterocycles. The number of piperidine rings is 1. The van der Waals surface area contributed by atoms with E-state index in [0.29, 0.717) is 23.1 Å². The van der Waals surface area contributed by atoms with Gasteiger partial charge in [-0.15, -0.1) is 0 Å². The van der Waals surface area contributed by atoms with E-state index in [4.69, 9.17) is 0 Å². The van der Waals surface area contributed by atoms with E-state index < -0.39 is 9.84 Å². The van der Waals surface area contributed by atoms with Crippen molar-refractivity contribution >= 4 is 27.4 Å². The number of amides is 1. The average molecular weight is 415 g/mol. The molecule has 2 fully saturated rings. The molecule has 29 heavy (non-hydrogen) atoms. The maximum absolute atomic E-state index is 12.8. The summed E-state index contributed by atoms with van der Waals surface area (Å²) in [7, 11) is -3.34. The van der Waals surface area contributed by atoms with Gasteiger partial charge < -0.3 is 10.2 Å². The molecule has 7 nitrogen and oxygen atoms in total. The Morgan fingerprint density at radius 3 is 2.55 bits per heavy atom. The van der Waals surface area contributed by atoms with Crippen LogP contribution in [0, 0.1) is 5.92 Å². The molecule has 4 rings (SSSR count). The van der Waals surface area contributed by atoms with Crippen LogP contribution in [0.5, 0.6) is 0 Å². The number of anilines is 2. The minimum atomic E-state index is -3.34. The SMILES string of the molecule is O=C(Nc1cccc(S(=O)(=O)C2CCCC2)c1)C1CCCN(c2ncccn2)C1. The third kappa shape index (κ3) is 4.42. The summed E-state index contributed by atoms with van der Waals surface area (Å²) in [5.74, 6) is 0.346. The fourth-order valence-electron chi connectivity index (χ4n) is 4.21. The number of nitrogens with zero attached hydrogens (tertiary/aromatic N) is 3. The molecular formula is C21H26N4O3S. The van der Waals surface area contributed by atoms with Crippen LogP contribution in [0.2, 0.25) is 0 Å². The molecule has 1 aromatic carbocycles. The Bertz CT molecular complexity index is 959. The van der Waals surface area contributed by atoms with E-state index in [2.05, 4.69) is 15.3 Å². The maximum Gasteiger partial charge on any atom is 0.229 e. The first kappa shape index (κ1) is 19.8. The van der Waals surface area contributed by atoms with E-state index in [-0.39, 0.29) is 17.1 Å². The first-order valence-electron chi connectivity index (χ1n) is 10.2. The Hall–Kier alpha value is -2.48. The van der Waals surface area contributed by atoms with Gasteiger partial charge in [0.05, 0.1) is 16.1 Å². The van der Waals surface area contributed by atoms with Gasteiger partial charge in [0, 0.05) is 31.2 Å².